The maximum Gasteiger partial charge on any atom is 0.167 e. The minimum absolute atomic E-state index is 0.668. The Morgan fingerprint density at radius 2 is 2.04 bits per heavy atom. The smallest absolute Gasteiger partial charge is 0.167 e. The Morgan fingerprint density at radius 1 is 1.12 bits per heavy atom. The van der Waals surface area contributed by atoms with Crippen molar-refractivity contribution in [2.24, 2.45) is 0 Å². The molecule has 4 rings (SSSR count). The number of hydrogen-bond acceptors (Lipinski definition) is 5. The molecule has 2 heterocycles. The van der Waals surface area contributed by atoms with Crippen molar-refractivity contribution < 1.29 is 4.52 Å². The fourth-order valence-corrected chi connectivity index (χ4v) is 2.81. The van der Waals surface area contributed by atoms with E-state index in [9.17, 15) is 0 Å². The molecule has 1 N–H and O–H groups in total. The van der Waals surface area contributed by atoms with E-state index in [1.54, 1.807) is 11.0 Å². The van der Waals surface area contributed by atoms with Crippen LogP contribution < -0.4 is 5.32 Å². The Kier molecular flexibility index (Phi) is 3.80. The highest BCUT2D eigenvalue weighted by atomic mass is 16.5. The van der Waals surface area contributed by atoms with E-state index in [0.717, 1.165) is 34.5 Å². The monoisotopic (exact) mass is 319 g/mol. The zero-order chi connectivity index (χ0) is 16.4. The summed E-state index contributed by atoms with van der Waals surface area (Å²) in [5, 5.41) is 12.8. The minimum atomic E-state index is 0.668. The first-order valence-electron chi connectivity index (χ1n) is 7.80. The van der Waals surface area contributed by atoms with Crippen molar-refractivity contribution in [2.75, 3.05) is 0 Å². The number of hydrogen-bond donors (Lipinski definition) is 1. The van der Waals surface area contributed by atoms with Crippen molar-refractivity contribution in [3.8, 4) is 5.69 Å². The van der Waals surface area contributed by atoms with Crippen LogP contribution in [0.1, 0.15) is 16.8 Å². The third-order valence-corrected chi connectivity index (χ3v) is 4.00. The number of fused-ring (bicyclic) bond motifs is 1. The molecule has 0 bridgehead atoms. The molecule has 0 aliphatic carbocycles. The average molecular weight is 319 g/mol. The highest BCUT2D eigenvalue weighted by Crippen LogP contribution is 2.18. The molecule has 6 nitrogen and oxygen atoms in total. The molecule has 4 aromatic rings. The number of rotatable bonds is 5. The second kappa shape index (κ2) is 6.25. The Bertz CT molecular complexity index is 959. The highest BCUT2D eigenvalue weighted by molar-refractivity contribution is 5.79. The van der Waals surface area contributed by atoms with E-state index in [2.05, 4.69) is 45.7 Å². The van der Waals surface area contributed by atoms with E-state index in [4.69, 9.17) is 4.52 Å². The van der Waals surface area contributed by atoms with E-state index >= 15 is 0 Å². The SMILES string of the molecule is Cc1cc(CNCc2noc3ccccc23)ccc1-n1cncn1. The van der Waals surface area contributed by atoms with Crippen LogP contribution in [0.15, 0.2) is 59.6 Å². The number of nitrogens with one attached hydrogen (secondary N) is 1. The van der Waals surface area contributed by atoms with Gasteiger partial charge in [0.05, 0.1) is 5.69 Å². The molecule has 6 heteroatoms. The van der Waals surface area contributed by atoms with E-state index in [0.29, 0.717) is 6.54 Å². The predicted molar refractivity (Wildman–Crippen MR) is 90.6 cm³/mol. The molecular weight excluding hydrogens is 302 g/mol. The van der Waals surface area contributed by atoms with Crippen molar-refractivity contribution in [3.63, 3.8) is 0 Å². The van der Waals surface area contributed by atoms with Gasteiger partial charge in [-0.25, -0.2) is 9.67 Å². The van der Waals surface area contributed by atoms with Crippen molar-refractivity contribution in [2.45, 2.75) is 20.0 Å². The van der Waals surface area contributed by atoms with Crippen LogP contribution in [-0.4, -0.2) is 19.9 Å². The summed E-state index contributed by atoms with van der Waals surface area (Å²) < 4.78 is 7.09. The molecule has 0 unspecified atom stereocenters. The molecule has 120 valence electrons. The minimum Gasteiger partial charge on any atom is -0.356 e. The van der Waals surface area contributed by atoms with Gasteiger partial charge in [0.15, 0.2) is 5.58 Å². The van der Waals surface area contributed by atoms with E-state index in [-0.39, 0.29) is 0 Å². The van der Waals surface area contributed by atoms with Gasteiger partial charge in [-0.05, 0) is 36.2 Å². The summed E-state index contributed by atoms with van der Waals surface area (Å²) in [6.07, 6.45) is 3.24. The first kappa shape index (κ1) is 14.6. The van der Waals surface area contributed by atoms with Crippen molar-refractivity contribution in [1.29, 1.82) is 0 Å². The summed E-state index contributed by atoms with van der Waals surface area (Å²) in [5.74, 6) is 0. The lowest BCUT2D eigenvalue weighted by molar-refractivity contribution is 0.441. The van der Waals surface area contributed by atoms with Gasteiger partial charge in [0.2, 0.25) is 0 Å². The molecule has 2 aromatic carbocycles. The van der Waals surface area contributed by atoms with Crippen LogP contribution >= 0.6 is 0 Å². The van der Waals surface area contributed by atoms with Crippen LogP contribution in [0.3, 0.4) is 0 Å². The summed E-state index contributed by atoms with van der Waals surface area (Å²) in [6.45, 7) is 3.51. The zero-order valence-electron chi connectivity index (χ0n) is 13.3. The molecule has 0 saturated heterocycles. The van der Waals surface area contributed by atoms with Gasteiger partial charge in [0.1, 0.15) is 18.3 Å². The lowest BCUT2D eigenvalue weighted by Crippen LogP contribution is -2.13. The van der Waals surface area contributed by atoms with Crippen LogP contribution in [0.5, 0.6) is 0 Å². The average Bonchev–Trinajstić information content (AvgIpc) is 3.25. The number of aryl methyl sites for hydroxylation is 1. The molecule has 2 aromatic heterocycles. The predicted octanol–water partition coefficient (Wildman–Crippen LogP) is 3.01. The van der Waals surface area contributed by atoms with Gasteiger partial charge in [-0.3, -0.25) is 0 Å². The summed E-state index contributed by atoms with van der Waals surface area (Å²) in [6, 6.07) is 14.2. The van der Waals surface area contributed by atoms with Crippen molar-refractivity contribution >= 4 is 11.0 Å². The van der Waals surface area contributed by atoms with Crippen molar-refractivity contribution in [3.05, 3.63) is 71.9 Å². The molecular formula is C18H17N5O. The van der Waals surface area contributed by atoms with Gasteiger partial charge in [0.25, 0.3) is 0 Å². The lowest BCUT2D eigenvalue weighted by Gasteiger charge is -2.09. The molecule has 0 fully saturated rings. The van der Waals surface area contributed by atoms with E-state index in [1.807, 2.05) is 24.3 Å². The van der Waals surface area contributed by atoms with Crippen LogP contribution in [0.25, 0.3) is 16.7 Å². The molecule has 0 saturated carbocycles. The maximum absolute atomic E-state index is 5.32. The van der Waals surface area contributed by atoms with Crippen LogP contribution in [0, 0.1) is 6.92 Å². The van der Waals surface area contributed by atoms with Gasteiger partial charge in [-0.1, -0.05) is 29.4 Å². The Morgan fingerprint density at radius 3 is 2.88 bits per heavy atom. The Balaban J connectivity index is 1.44. The summed E-state index contributed by atoms with van der Waals surface area (Å²) in [7, 11) is 0. The number of para-hydroxylation sites is 1. The highest BCUT2D eigenvalue weighted by Gasteiger charge is 2.07. The molecule has 0 aliphatic rings. The third-order valence-electron chi connectivity index (χ3n) is 4.00. The van der Waals surface area contributed by atoms with Gasteiger partial charge in [0, 0.05) is 18.5 Å². The van der Waals surface area contributed by atoms with Crippen LogP contribution in [0.2, 0.25) is 0 Å². The summed E-state index contributed by atoms with van der Waals surface area (Å²) in [4.78, 5) is 3.99. The molecule has 24 heavy (non-hydrogen) atoms. The topological polar surface area (TPSA) is 68.8 Å². The largest absolute Gasteiger partial charge is 0.356 e. The second-order valence-electron chi connectivity index (χ2n) is 5.69. The van der Waals surface area contributed by atoms with E-state index in [1.165, 1.54) is 11.9 Å². The molecule has 0 atom stereocenters. The van der Waals surface area contributed by atoms with Gasteiger partial charge >= 0.3 is 0 Å². The van der Waals surface area contributed by atoms with Crippen LogP contribution in [0.4, 0.5) is 0 Å². The standard InChI is InChI=1S/C18H17N5O/c1-13-8-14(6-7-17(13)23-12-20-11-21-23)9-19-10-16-15-4-2-3-5-18(15)24-22-16/h2-8,11-12,19H,9-10H2,1H3. The van der Waals surface area contributed by atoms with Gasteiger partial charge in [-0.2, -0.15) is 5.10 Å². The first-order valence-corrected chi connectivity index (χ1v) is 7.80. The number of nitrogens with zero attached hydrogens (tertiary/aromatic N) is 4. The summed E-state index contributed by atoms with van der Waals surface area (Å²) in [5.41, 5.74) is 5.17. The molecule has 0 aliphatic heterocycles. The molecule has 0 amide bonds. The fraction of sp³-hybridized carbons (Fsp3) is 0.167. The number of aromatic nitrogens is 4. The third kappa shape index (κ3) is 2.79. The van der Waals surface area contributed by atoms with Gasteiger partial charge in [-0.15, -0.1) is 0 Å². The van der Waals surface area contributed by atoms with Crippen molar-refractivity contribution in [1.82, 2.24) is 25.2 Å². The zero-order valence-corrected chi connectivity index (χ0v) is 13.3. The maximum atomic E-state index is 5.32. The van der Waals surface area contributed by atoms with Gasteiger partial charge < -0.3 is 9.84 Å². The Hall–Kier alpha value is -2.99. The second-order valence-corrected chi connectivity index (χ2v) is 5.69. The molecule has 0 spiro atoms. The number of benzene rings is 2. The first-order chi connectivity index (χ1) is 11.8. The lowest BCUT2D eigenvalue weighted by atomic mass is 10.1. The molecule has 0 radical (unpaired) electrons. The van der Waals surface area contributed by atoms with E-state index < -0.39 is 0 Å². The fourth-order valence-electron chi connectivity index (χ4n) is 2.81. The Labute approximate surface area is 139 Å². The van der Waals surface area contributed by atoms with Crippen LogP contribution in [-0.2, 0) is 13.1 Å². The normalized spacial score (nSPS) is 11.2. The quantitative estimate of drug-likeness (QED) is 0.612. The summed E-state index contributed by atoms with van der Waals surface area (Å²) >= 11 is 0.